The van der Waals surface area contributed by atoms with E-state index in [1.54, 1.807) is 7.11 Å². The van der Waals surface area contributed by atoms with Crippen molar-refractivity contribution in [1.82, 2.24) is 9.80 Å². The lowest BCUT2D eigenvalue weighted by Gasteiger charge is -2.45. The van der Waals surface area contributed by atoms with Gasteiger partial charge in [0.2, 0.25) is 0 Å². The second kappa shape index (κ2) is 9.92. The van der Waals surface area contributed by atoms with Crippen molar-refractivity contribution in [3.63, 3.8) is 0 Å². The number of alkyl halides is 1. The first-order valence-electron chi connectivity index (χ1n) is 13.5. The van der Waals surface area contributed by atoms with Crippen LogP contribution in [0.5, 0.6) is 0 Å². The molecule has 1 aliphatic carbocycles. The van der Waals surface area contributed by atoms with E-state index in [1.807, 2.05) is 4.90 Å². The largest absolute Gasteiger partial charge is 0.443 e. The highest BCUT2D eigenvalue weighted by atomic mass is 19.1. The molecule has 0 unspecified atom stereocenters. The number of methoxy groups -OCH3 is 1. The summed E-state index contributed by atoms with van der Waals surface area (Å²) in [7, 11) is 1.71. The molecule has 1 saturated carbocycles. The van der Waals surface area contributed by atoms with Crippen LogP contribution in [-0.4, -0.2) is 98.0 Å². The van der Waals surface area contributed by atoms with Gasteiger partial charge in [0.25, 0.3) is 0 Å². The summed E-state index contributed by atoms with van der Waals surface area (Å²) in [6, 6.07) is 0. The molecule has 0 N–H and O–H groups in total. The zero-order valence-electron chi connectivity index (χ0n) is 21.8. The van der Waals surface area contributed by atoms with Crippen molar-refractivity contribution in [2.45, 2.75) is 95.0 Å². The summed E-state index contributed by atoms with van der Waals surface area (Å²) < 4.78 is 37.6. The SMILES string of the molecule is CO[C@@H]1[C@H](OC(=O)N2CC(CCN3CCC(F)CC3)C2)CC[C@]2(CO2)[C@H]1[C@@]1(C)O[C@@H]1CC=C(C)C. The Balaban J connectivity index is 1.12. The maximum atomic E-state index is 13.3. The van der Waals surface area contributed by atoms with Gasteiger partial charge in [-0.3, -0.25) is 0 Å². The number of likely N-dealkylation sites (tertiary alicyclic amines) is 2. The molecule has 0 aromatic heterocycles. The zero-order valence-corrected chi connectivity index (χ0v) is 21.8. The maximum absolute atomic E-state index is 13.3. The van der Waals surface area contributed by atoms with Crippen LogP contribution in [0.25, 0.3) is 0 Å². The van der Waals surface area contributed by atoms with Crippen molar-refractivity contribution in [2.75, 3.05) is 46.4 Å². The highest BCUT2D eigenvalue weighted by Crippen LogP contribution is 2.59. The first-order chi connectivity index (χ1) is 16.7. The fourth-order valence-electron chi connectivity index (χ4n) is 6.67. The minimum atomic E-state index is -0.630. The summed E-state index contributed by atoms with van der Waals surface area (Å²) in [6.45, 7) is 11.3. The Labute approximate surface area is 209 Å². The number of allylic oxidation sites excluding steroid dienone is 1. The van der Waals surface area contributed by atoms with Gasteiger partial charge in [-0.05, 0) is 71.8 Å². The van der Waals surface area contributed by atoms with Crippen LogP contribution < -0.4 is 0 Å². The van der Waals surface area contributed by atoms with E-state index in [4.69, 9.17) is 18.9 Å². The third kappa shape index (κ3) is 5.27. The molecule has 7 nitrogen and oxygen atoms in total. The third-order valence-corrected chi connectivity index (χ3v) is 9.08. The highest BCUT2D eigenvalue weighted by molar-refractivity contribution is 5.69. The number of piperidine rings is 1. The Kier molecular flexibility index (Phi) is 7.21. The predicted molar refractivity (Wildman–Crippen MR) is 130 cm³/mol. The van der Waals surface area contributed by atoms with Crippen LogP contribution in [0, 0.1) is 11.8 Å². The number of nitrogens with zero attached hydrogens (tertiary/aromatic N) is 2. The predicted octanol–water partition coefficient (Wildman–Crippen LogP) is 3.96. The molecule has 0 aromatic carbocycles. The van der Waals surface area contributed by atoms with Crippen LogP contribution in [0.15, 0.2) is 11.6 Å². The number of halogens is 1. The van der Waals surface area contributed by atoms with Gasteiger partial charge < -0.3 is 28.7 Å². The van der Waals surface area contributed by atoms with Gasteiger partial charge in [-0.25, -0.2) is 9.18 Å². The quantitative estimate of drug-likeness (QED) is 0.376. The Morgan fingerprint density at radius 2 is 1.91 bits per heavy atom. The molecule has 8 heteroatoms. The maximum Gasteiger partial charge on any atom is 0.410 e. The lowest BCUT2D eigenvalue weighted by molar-refractivity contribution is -0.124. The molecule has 5 rings (SSSR count). The molecule has 0 radical (unpaired) electrons. The van der Waals surface area contributed by atoms with Crippen molar-refractivity contribution in [3.05, 3.63) is 11.6 Å². The fourth-order valence-corrected chi connectivity index (χ4v) is 6.67. The number of rotatable bonds is 8. The van der Waals surface area contributed by atoms with E-state index in [1.165, 1.54) is 5.57 Å². The van der Waals surface area contributed by atoms with Crippen molar-refractivity contribution in [3.8, 4) is 0 Å². The molecular formula is C27H43FN2O5. The molecular weight excluding hydrogens is 451 g/mol. The fraction of sp³-hybridized carbons (Fsp3) is 0.889. The average Bonchev–Trinajstić information content (AvgIpc) is 3.71. The molecule has 4 saturated heterocycles. The summed E-state index contributed by atoms with van der Waals surface area (Å²) in [5.74, 6) is 0.542. The Morgan fingerprint density at radius 1 is 1.20 bits per heavy atom. The smallest absolute Gasteiger partial charge is 0.410 e. The lowest BCUT2D eigenvalue weighted by Crippen LogP contribution is -2.57. The number of epoxide rings is 2. The summed E-state index contributed by atoms with van der Waals surface area (Å²) in [4.78, 5) is 17.1. The topological polar surface area (TPSA) is 67.1 Å². The Hall–Kier alpha value is -1.22. The number of hydrogen-bond acceptors (Lipinski definition) is 6. The van der Waals surface area contributed by atoms with E-state index in [0.717, 1.165) is 65.0 Å². The van der Waals surface area contributed by atoms with E-state index in [2.05, 4.69) is 31.7 Å². The van der Waals surface area contributed by atoms with E-state index in [-0.39, 0.29) is 41.5 Å². The average molecular weight is 495 g/mol. The molecule has 5 fully saturated rings. The minimum Gasteiger partial charge on any atom is -0.443 e. The van der Waals surface area contributed by atoms with Crippen LogP contribution in [0.2, 0.25) is 0 Å². The molecule has 1 amide bonds. The summed E-state index contributed by atoms with van der Waals surface area (Å²) >= 11 is 0. The van der Waals surface area contributed by atoms with Gasteiger partial charge in [0, 0.05) is 33.3 Å². The number of hydrogen-bond donors (Lipinski definition) is 0. The number of carbonyl (C=O) groups is 1. The van der Waals surface area contributed by atoms with Crippen molar-refractivity contribution in [1.29, 1.82) is 0 Å². The van der Waals surface area contributed by atoms with Gasteiger partial charge in [-0.2, -0.15) is 0 Å². The van der Waals surface area contributed by atoms with Crippen molar-refractivity contribution >= 4 is 6.09 Å². The molecule has 0 aromatic rings. The molecule has 0 bridgehead atoms. The standard InChI is InChI=1S/C27H43FN2O5/c1-18(2)5-6-22-26(3,35-22)24-23(32-4)21(7-11-27(24)17-33-27)34-25(31)30-15-19(16-30)8-12-29-13-9-20(28)10-14-29/h5,19-24H,6-17H2,1-4H3/t21-,22-,23-,24-,26+,27+/m1/s1. The van der Waals surface area contributed by atoms with Crippen molar-refractivity contribution < 1.29 is 28.1 Å². The number of amides is 1. The molecule has 198 valence electrons. The van der Waals surface area contributed by atoms with Gasteiger partial charge >= 0.3 is 6.09 Å². The lowest BCUT2D eigenvalue weighted by atomic mass is 9.68. The normalized spacial score (nSPS) is 39.9. The van der Waals surface area contributed by atoms with Gasteiger partial charge in [-0.15, -0.1) is 0 Å². The van der Waals surface area contributed by atoms with E-state index in [9.17, 15) is 9.18 Å². The Bertz CT molecular complexity index is 801. The molecule has 1 spiro atoms. The first kappa shape index (κ1) is 25.4. The summed E-state index contributed by atoms with van der Waals surface area (Å²) in [6.07, 6.45) is 5.81. The van der Waals surface area contributed by atoms with Gasteiger partial charge in [0.05, 0.1) is 18.6 Å². The van der Waals surface area contributed by atoms with Crippen LogP contribution in [0.4, 0.5) is 9.18 Å². The minimum absolute atomic E-state index is 0.0414. The molecule has 6 atom stereocenters. The van der Waals surface area contributed by atoms with Crippen LogP contribution in [-0.2, 0) is 18.9 Å². The second-order valence-electron chi connectivity index (χ2n) is 11.9. The van der Waals surface area contributed by atoms with Crippen molar-refractivity contribution in [2.24, 2.45) is 11.8 Å². The van der Waals surface area contributed by atoms with Gasteiger partial charge in [0.1, 0.15) is 29.6 Å². The monoisotopic (exact) mass is 494 g/mol. The van der Waals surface area contributed by atoms with E-state index in [0.29, 0.717) is 18.8 Å². The van der Waals surface area contributed by atoms with Crippen LogP contribution in [0.1, 0.15) is 59.3 Å². The van der Waals surface area contributed by atoms with E-state index >= 15 is 0 Å². The Morgan fingerprint density at radius 3 is 2.54 bits per heavy atom. The summed E-state index contributed by atoms with van der Waals surface area (Å²) in [5.41, 5.74) is 0.750. The zero-order chi connectivity index (χ0) is 24.8. The first-order valence-corrected chi connectivity index (χ1v) is 13.5. The summed E-state index contributed by atoms with van der Waals surface area (Å²) in [5, 5.41) is 0. The van der Waals surface area contributed by atoms with Crippen LogP contribution >= 0.6 is 0 Å². The molecule has 4 heterocycles. The molecule has 5 aliphatic rings. The van der Waals surface area contributed by atoms with Gasteiger partial charge in [0.15, 0.2) is 0 Å². The van der Waals surface area contributed by atoms with Crippen LogP contribution in [0.3, 0.4) is 0 Å². The molecule has 35 heavy (non-hydrogen) atoms. The molecule has 4 aliphatic heterocycles. The number of carbonyl (C=O) groups excluding carboxylic acids is 1. The second-order valence-corrected chi connectivity index (χ2v) is 11.9. The third-order valence-electron chi connectivity index (χ3n) is 9.08. The number of ether oxygens (including phenoxy) is 4. The van der Waals surface area contributed by atoms with E-state index < -0.39 is 6.17 Å². The highest BCUT2D eigenvalue weighted by Gasteiger charge is 2.72. The van der Waals surface area contributed by atoms with Gasteiger partial charge in [-0.1, -0.05) is 11.6 Å².